The minimum absolute atomic E-state index is 0.0636. The smallest absolute Gasteiger partial charge is 0.251 e. The fourth-order valence-electron chi connectivity index (χ4n) is 2.18. The zero-order chi connectivity index (χ0) is 13.8. The summed E-state index contributed by atoms with van der Waals surface area (Å²) in [6, 6.07) is 5.47. The molecule has 0 aromatic carbocycles. The average molecular weight is 260 g/mol. The molecule has 0 saturated carbocycles. The van der Waals surface area contributed by atoms with Crippen LogP contribution in [0.5, 0.6) is 0 Å². The van der Waals surface area contributed by atoms with Gasteiger partial charge in [0.2, 0.25) is 0 Å². The van der Waals surface area contributed by atoms with Gasteiger partial charge in [-0.3, -0.25) is 9.48 Å². The molecule has 5 nitrogen and oxygen atoms in total. The highest BCUT2D eigenvalue weighted by atomic mass is 16.1. The van der Waals surface area contributed by atoms with Crippen LogP contribution >= 0.6 is 0 Å². The maximum atomic E-state index is 11.7. The molecule has 19 heavy (non-hydrogen) atoms. The normalized spacial score (nSPS) is 11.1. The second kappa shape index (κ2) is 5.73. The monoisotopic (exact) mass is 260 g/mol. The number of nitrogens with zero attached hydrogens (tertiary/aromatic N) is 3. The molecule has 0 aliphatic rings. The lowest BCUT2D eigenvalue weighted by molar-refractivity contribution is 0.424. The molecule has 2 rings (SSSR count). The Labute approximate surface area is 112 Å². The SMILES string of the molecule is CCC(CC)n1ccc(Cn2cc(N)ccc2=O)n1. The molecule has 5 heteroatoms. The van der Waals surface area contributed by atoms with Gasteiger partial charge in [-0.15, -0.1) is 0 Å². The fourth-order valence-corrected chi connectivity index (χ4v) is 2.18. The standard InChI is InChI=1S/C14H20N4O/c1-3-13(4-2)18-8-7-12(16-18)10-17-9-11(15)5-6-14(17)19/h5-9,13H,3-4,10,15H2,1-2H3. The predicted molar refractivity (Wildman–Crippen MR) is 76.1 cm³/mol. The molecule has 0 saturated heterocycles. The molecule has 0 radical (unpaired) electrons. The first-order valence-corrected chi connectivity index (χ1v) is 6.64. The Morgan fingerprint density at radius 2 is 2.00 bits per heavy atom. The molecule has 0 amide bonds. The lowest BCUT2D eigenvalue weighted by atomic mass is 10.2. The molecule has 0 spiro atoms. The number of hydrogen-bond donors (Lipinski definition) is 1. The van der Waals surface area contributed by atoms with Gasteiger partial charge >= 0.3 is 0 Å². The Morgan fingerprint density at radius 1 is 1.26 bits per heavy atom. The summed E-state index contributed by atoms with van der Waals surface area (Å²) in [6.07, 6.45) is 5.73. The predicted octanol–water partition coefficient (Wildman–Crippen LogP) is 2.04. The summed E-state index contributed by atoms with van der Waals surface area (Å²) in [6.45, 7) is 4.76. The summed E-state index contributed by atoms with van der Waals surface area (Å²) in [5.74, 6) is 0. The van der Waals surface area contributed by atoms with Gasteiger partial charge in [0.15, 0.2) is 0 Å². The van der Waals surface area contributed by atoms with E-state index >= 15 is 0 Å². The maximum Gasteiger partial charge on any atom is 0.251 e. The van der Waals surface area contributed by atoms with E-state index in [1.165, 1.54) is 6.07 Å². The highest BCUT2D eigenvalue weighted by molar-refractivity contribution is 5.33. The quantitative estimate of drug-likeness (QED) is 0.894. The topological polar surface area (TPSA) is 65.8 Å². The van der Waals surface area contributed by atoms with Crippen LogP contribution in [0, 0.1) is 0 Å². The van der Waals surface area contributed by atoms with Crippen LogP contribution in [0.2, 0.25) is 0 Å². The lowest BCUT2D eigenvalue weighted by Crippen LogP contribution is -2.20. The second-order valence-electron chi connectivity index (χ2n) is 4.69. The van der Waals surface area contributed by atoms with Crippen molar-refractivity contribution in [2.24, 2.45) is 0 Å². The second-order valence-corrected chi connectivity index (χ2v) is 4.69. The molecule has 0 unspecified atom stereocenters. The molecule has 0 aliphatic carbocycles. The summed E-state index contributed by atoms with van der Waals surface area (Å²) < 4.78 is 3.56. The Hall–Kier alpha value is -2.04. The number of nitrogen functional groups attached to an aromatic ring is 1. The molecular formula is C14H20N4O. The third kappa shape index (κ3) is 3.05. The first kappa shape index (κ1) is 13.4. The van der Waals surface area contributed by atoms with Crippen LogP contribution in [0.3, 0.4) is 0 Å². The third-order valence-electron chi connectivity index (χ3n) is 3.32. The number of pyridine rings is 1. The van der Waals surface area contributed by atoms with Gasteiger partial charge in [-0.2, -0.15) is 5.10 Å². The van der Waals surface area contributed by atoms with Crippen LogP contribution in [-0.2, 0) is 6.54 Å². The number of nitrogens with two attached hydrogens (primary N) is 1. The Kier molecular flexibility index (Phi) is 4.04. The minimum atomic E-state index is -0.0636. The van der Waals surface area contributed by atoms with Crippen molar-refractivity contribution in [2.45, 2.75) is 39.3 Å². The van der Waals surface area contributed by atoms with Crippen molar-refractivity contribution >= 4 is 5.69 Å². The van der Waals surface area contributed by atoms with E-state index in [2.05, 4.69) is 18.9 Å². The highest BCUT2D eigenvalue weighted by Crippen LogP contribution is 2.14. The lowest BCUT2D eigenvalue weighted by Gasteiger charge is -2.12. The summed E-state index contributed by atoms with van der Waals surface area (Å²) >= 11 is 0. The average Bonchev–Trinajstić information content (AvgIpc) is 2.84. The largest absolute Gasteiger partial charge is 0.398 e. The molecule has 2 aromatic rings. The Morgan fingerprint density at radius 3 is 2.68 bits per heavy atom. The van der Waals surface area contributed by atoms with E-state index in [-0.39, 0.29) is 5.56 Å². The van der Waals surface area contributed by atoms with Crippen LogP contribution in [0.25, 0.3) is 0 Å². The zero-order valence-electron chi connectivity index (χ0n) is 11.4. The van der Waals surface area contributed by atoms with Gasteiger partial charge in [-0.1, -0.05) is 13.8 Å². The summed E-state index contributed by atoms with van der Waals surface area (Å²) in [5.41, 5.74) is 7.09. The summed E-state index contributed by atoms with van der Waals surface area (Å²) in [7, 11) is 0. The van der Waals surface area contributed by atoms with Gasteiger partial charge in [0.1, 0.15) is 0 Å². The molecule has 0 atom stereocenters. The van der Waals surface area contributed by atoms with Gasteiger partial charge in [-0.25, -0.2) is 0 Å². The molecule has 0 fully saturated rings. The van der Waals surface area contributed by atoms with Gasteiger partial charge in [-0.05, 0) is 25.0 Å². The van der Waals surface area contributed by atoms with E-state index in [9.17, 15) is 4.79 Å². The van der Waals surface area contributed by atoms with Gasteiger partial charge < -0.3 is 10.3 Å². The van der Waals surface area contributed by atoms with Gasteiger partial charge in [0, 0.05) is 24.1 Å². The van der Waals surface area contributed by atoms with E-state index in [0.717, 1.165) is 18.5 Å². The Balaban J connectivity index is 2.20. The van der Waals surface area contributed by atoms with Gasteiger partial charge in [0.25, 0.3) is 5.56 Å². The Bertz CT molecular complexity index is 595. The minimum Gasteiger partial charge on any atom is -0.398 e. The van der Waals surface area contributed by atoms with Crippen LogP contribution < -0.4 is 11.3 Å². The summed E-state index contributed by atoms with van der Waals surface area (Å²) in [5, 5.41) is 4.53. The van der Waals surface area contributed by atoms with Crippen molar-refractivity contribution in [3.05, 3.63) is 46.6 Å². The zero-order valence-corrected chi connectivity index (χ0v) is 11.4. The maximum absolute atomic E-state index is 11.7. The van der Waals surface area contributed by atoms with Crippen molar-refractivity contribution in [3.63, 3.8) is 0 Å². The molecule has 0 aliphatic heterocycles. The number of rotatable bonds is 5. The van der Waals surface area contributed by atoms with Crippen LogP contribution in [-0.4, -0.2) is 14.3 Å². The fraction of sp³-hybridized carbons (Fsp3) is 0.429. The van der Waals surface area contributed by atoms with Crippen molar-refractivity contribution in [1.29, 1.82) is 0 Å². The van der Waals surface area contributed by atoms with Crippen molar-refractivity contribution in [1.82, 2.24) is 14.3 Å². The van der Waals surface area contributed by atoms with E-state index in [1.807, 2.05) is 16.9 Å². The molecule has 0 bridgehead atoms. The van der Waals surface area contributed by atoms with E-state index in [0.29, 0.717) is 18.3 Å². The molecule has 102 valence electrons. The first-order chi connectivity index (χ1) is 9.13. The number of hydrogen-bond acceptors (Lipinski definition) is 3. The van der Waals surface area contributed by atoms with Gasteiger partial charge in [0.05, 0.1) is 18.3 Å². The van der Waals surface area contributed by atoms with E-state index in [4.69, 9.17) is 5.73 Å². The summed E-state index contributed by atoms with van der Waals surface area (Å²) in [4.78, 5) is 11.7. The van der Waals surface area contributed by atoms with Crippen LogP contribution in [0.15, 0.2) is 35.4 Å². The van der Waals surface area contributed by atoms with E-state index < -0.39 is 0 Å². The molecule has 2 aromatic heterocycles. The third-order valence-corrected chi connectivity index (χ3v) is 3.32. The number of anilines is 1. The van der Waals surface area contributed by atoms with Crippen molar-refractivity contribution in [3.8, 4) is 0 Å². The molecule has 2 N–H and O–H groups in total. The first-order valence-electron chi connectivity index (χ1n) is 6.64. The van der Waals surface area contributed by atoms with Crippen LogP contribution in [0.1, 0.15) is 38.4 Å². The molecular weight excluding hydrogens is 240 g/mol. The number of aromatic nitrogens is 3. The van der Waals surface area contributed by atoms with E-state index in [1.54, 1.807) is 16.8 Å². The highest BCUT2D eigenvalue weighted by Gasteiger charge is 2.08. The van der Waals surface area contributed by atoms with Crippen molar-refractivity contribution in [2.75, 3.05) is 5.73 Å². The van der Waals surface area contributed by atoms with Crippen molar-refractivity contribution < 1.29 is 0 Å². The van der Waals surface area contributed by atoms with Crippen LogP contribution in [0.4, 0.5) is 5.69 Å². The molecule has 2 heterocycles.